The maximum absolute atomic E-state index is 11.4. The molecular weight excluding hydrogens is 266 g/mol. The summed E-state index contributed by atoms with van der Waals surface area (Å²) in [4.78, 5) is 13.8. The van der Waals surface area contributed by atoms with Crippen LogP contribution in [0.4, 0.5) is 0 Å². The molecule has 0 aliphatic heterocycles. The van der Waals surface area contributed by atoms with Gasteiger partial charge in [0.05, 0.1) is 4.88 Å². The second kappa shape index (κ2) is 5.11. The molecule has 1 amide bonds. The van der Waals surface area contributed by atoms with Crippen LogP contribution >= 0.6 is 27.3 Å². The van der Waals surface area contributed by atoms with E-state index >= 15 is 0 Å². The highest BCUT2D eigenvalue weighted by atomic mass is 79.9. The number of amides is 1. The molecule has 0 aliphatic carbocycles. The Labute approximate surface area is 94.7 Å². The Morgan fingerprint density at radius 1 is 1.71 bits per heavy atom. The van der Waals surface area contributed by atoms with E-state index in [1.807, 2.05) is 19.5 Å². The van der Waals surface area contributed by atoms with Crippen molar-refractivity contribution < 1.29 is 4.79 Å². The summed E-state index contributed by atoms with van der Waals surface area (Å²) in [5, 5.41) is 5.60. The Hall–Kier alpha value is -0.880. The third-order valence-corrected chi connectivity index (χ3v) is 2.94. The van der Waals surface area contributed by atoms with E-state index in [-0.39, 0.29) is 5.91 Å². The van der Waals surface area contributed by atoms with Crippen LogP contribution in [0.5, 0.6) is 0 Å². The average Bonchev–Trinajstić information content (AvgIpc) is 2.51. The first-order valence-electron chi connectivity index (χ1n) is 3.83. The fourth-order valence-electron chi connectivity index (χ4n) is 0.690. The summed E-state index contributed by atoms with van der Waals surface area (Å²) in [6, 6.07) is 1.76. The number of hydrazone groups is 1. The second-order valence-electron chi connectivity index (χ2n) is 2.78. The number of thiophene rings is 1. The minimum absolute atomic E-state index is 0.196. The van der Waals surface area contributed by atoms with Crippen molar-refractivity contribution in [1.82, 2.24) is 10.3 Å². The lowest BCUT2D eigenvalue weighted by Crippen LogP contribution is -2.19. The number of carbonyl (C=O) groups excluding carboxylic acids is 1. The molecular formula is C8H10BrN3OS. The van der Waals surface area contributed by atoms with E-state index in [1.54, 1.807) is 11.0 Å². The Kier molecular flexibility index (Phi) is 4.09. The van der Waals surface area contributed by atoms with Gasteiger partial charge in [0.1, 0.15) is 6.34 Å². The largest absolute Gasteiger partial charge is 0.367 e. The van der Waals surface area contributed by atoms with Gasteiger partial charge >= 0.3 is 0 Å². The summed E-state index contributed by atoms with van der Waals surface area (Å²) in [5.41, 5.74) is 2.42. The van der Waals surface area contributed by atoms with Crippen molar-refractivity contribution in [3.8, 4) is 0 Å². The summed E-state index contributed by atoms with van der Waals surface area (Å²) >= 11 is 4.65. The van der Waals surface area contributed by atoms with Gasteiger partial charge in [-0.2, -0.15) is 5.10 Å². The quantitative estimate of drug-likeness (QED) is 0.519. The Morgan fingerprint density at radius 3 is 2.93 bits per heavy atom. The number of hydrogen-bond acceptors (Lipinski definition) is 3. The highest BCUT2D eigenvalue weighted by Crippen LogP contribution is 2.19. The summed E-state index contributed by atoms with van der Waals surface area (Å²) in [6.45, 7) is 0. The lowest BCUT2D eigenvalue weighted by Gasteiger charge is -2.01. The van der Waals surface area contributed by atoms with Crippen molar-refractivity contribution in [3.05, 3.63) is 20.8 Å². The van der Waals surface area contributed by atoms with Gasteiger partial charge in [0.25, 0.3) is 5.91 Å². The highest BCUT2D eigenvalue weighted by Gasteiger charge is 2.06. The van der Waals surface area contributed by atoms with Crippen molar-refractivity contribution >= 4 is 39.5 Å². The molecule has 14 heavy (non-hydrogen) atoms. The van der Waals surface area contributed by atoms with Crippen molar-refractivity contribution in [2.75, 3.05) is 14.1 Å². The van der Waals surface area contributed by atoms with Gasteiger partial charge in [0.15, 0.2) is 0 Å². The minimum Gasteiger partial charge on any atom is -0.367 e. The number of nitrogens with one attached hydrogen (secondary N) is 1. The molecule has 6 heteroatoms. The van der Waals surface area contributed by atoms with Gasteiger partial charge in [0.2, 0.25) is 0 Å². The van der Waals surface area contributed by atoms with Crippen LogP contribution in [-0.4, -0.2) is 31.2 Å². The zero-order chi connectivity index (χ0) is 10.6. The minimum atomic E-state index is -0.196. The predicted octanol–water partition coefficient (Wildman–Crippen LogP) is 1.75. The molecule has 1 rings (SSSR count). The topological polar surface area (TPSA) is 44.7 Å². The van der Waals surface area contributed by atoms with Gasteiger partial charge in [-0.1, -0.05) is 0 Å². The van der Waals surface area contributed by atoms with Gasteiger partial charge in [-0.15, -0.1) is 11.3 Å². The third kappa shape index (κ3) is 3.47. The van der Waals surface area contributed by atoms with Gasteiger partial charge in [0, 0.05) is 23.9 Å². The summed E-state index contributed by atoms with van der Waals surface area (Å²) < 4.78 is 0.907. The smallest absolute Gasteiger partial charge is 0.281 e. The van der Waals surface area contributed by atoms with E-state index in [2.05, 4.69) is 26.5 Å². The number of halogens is 1. The van der Waals surface area contributed by atoms with Crippen LogP contribution in [0.15, 0.2) is 21.0 Å². The van der Waals surface area contributed by atoms with E-state index in [4.69, 9.17) is 0 Å². The van der Waals surface area contributed by atoms with Crippen LogP contribution in [0.1, 0.15) is 9.67 Å². The maximum Gasteiger partial charge on any atom is 0.281 e. The van der Waals surface area contributed by atoms with E-state index in [9.17, 15) is 4.79 Å². The van der Waals surface area contributed by atoms with Crippen molar-refractivity contribution in [3.63, 3.8) is 0 Å². The van der Waals surface area contributed by atoms with Crippen LogP contribution in [0.2, 0.25) is 0 Å². The van der Waals surface area contributed by atoms with Crippen LogP contribution in [0, 0.1) is 0 Å². The van der Waals surface area contributed by atoms with Crippen LogP contribution < -0.4 is 5.43 Å². The molecule has 1 aromatic rings. The summed E-state index contributed by atoms with van der Waals surface area (Å²) in [7, 11) is 3.66. The lowest BCUT2D eigenvalue weighted by atomic mass is 10.4. The first-order chi connectivity index (χ1) is 6.59. The number of rotatable bonds is 3. The maximum atomic E-state index is 11.4. The summed E-state index contributed by atoms with van der Waals surface area (Å²) in [5.74, 6) is -0.196. The van der Waals surface area contributed by atoms with Gasteiger partial charge in [-0.25, -0.2) is 5.43 Å². The molecule has 0 radical (unpaired) electrons. The molecule has 0 spiro atoms. The molecule has 1 heterocycles. The van der Waals surface area contributed by atoms with Gasteiger partial charge < -0.3 is 4.90 Å². The van der Waals surface area contributed by atoms with Crippen molar-refractivity contribution in [2.24, 2.45) is 5.10 Å². The lowest BCUT2D eigenvalue weighted by molar-refractivity contribution is 0.0958. The Morgan fingerprint density at radius 2 is 2.43 bits per heavy atom. The fourth-order valence-corrected chi connectivity index (χ4v) is 2.01. The SMILES string of the molecule is CN(C)/C=N\NC(=O)c1cc(Br)cs1. The summed E-state index contributed by atoms with van der Waals surface area (Å²) in [6.07, 6.45) is 1.53. The van der Waals surface area contributed by atoms with E-state index in [1.165, 1.54) is 17.7 Å². The van der Waals surface area contributed by atoms with E-state index in [0.717, 1.165) is 4.47 Å². The van der Waals surface area contributed by atoms with Gasteiger partial charge in [-0.3, -0.25) is 4.79 Å². The standard InChI is InChI=1S/C8H10BrN3OS/c1-12(2)5-10-11-8(13)7-3-6(9)4-14-7/h3-5H,1-2H3,(H,11,13)/b10-5-. The Balaban J connectivity index is 2.51. The molecule has 0 saturated carbocycles. The monoisotopic (exact) mass is 275 g/mol. The first kappa shape index (κ1) is 11.2. The average molecular weight is 276 g/mol. The predicted molar refractivity (Wildman–Crippen MR) is 61.7 cm³/mol. The van der Waals surface area contributed by atoms with Gasteiger partial charge in [-0.05, 0) is 22.0 Å². The molecule has 0 atom stereocenters. The zero-order valence-electron chi connectivity index (χ0n) is 7.82. The van der Waals surface area contributed by atoms with Crippen molar-refractivity contribution in [1.29, 1.82) is 0 Å². The van der Waals surface area contributed by atoms with Crippen LogP contribution in [-0.2, 0) is 0 Å². The zero-order valence-corrected chi connectivity index (χ0v) is 10.2. The van der Waals surface area contributed by atoms with E-state index in [0.29, 0.717) is 4.88 Å². The molecule has 0 aromatic carbocycles. The number of carbonyl (C=O) groups is 1. The molecule has 1 N–H and O–H groups in total. The Bertz CT molecular complexity index is 348. The third-order valence-electron chi connectivity index (χ3n) is 1.25. The molecule has 0 saturated heterocycles. The second-order valence-corrected chi connectivity index (χ2v) is 4.61. The molecule has 0 aliphatic rings. The molecule has 4 nitrogen and oxygen atoms in total. The molecule has 0 fully saturated rings. The molecule has 0 unspecified atom stereocenters. The molecule has 0 bridgehead atoms. The first-order valence-corrected chi connectivity index (χ1v) is 5.51. The van der Waals surface area contributed by atoms with Crippen LogP contribution in [0.3, 0.4) is 0 Å². The molecule has 1 aromatic heterocycles. The molecule has 76 valence electrons. The normalized spacial score (nSPS) is 10.5. The van der Waals surface area contributed by atoms with Crippen molar-refractivity contribution in [2.45, 2.75) is 0 Å². The highest BCUT2D eigenvalue weighted by molar-refractivity contribution is 9.10. The van der Waals surface area contributed by atoms with Crippen LogP contribution in [0.25, 0.3) is 0 Å². The number of hydrogen-bond donors (Lipinski definition) is 1. The number of nitrogens with zero attached hydrogens (tertiary/aromatic N) is 2. The van der Waals surface area contributed by atoms with E-state index < -0.39 is 0 Å². The fraction of sp³-hybridized carbons (Fsp3) is 0.250.